The second-order valence-corrected chi connectivity index (χ2v) is 6.70. The van der Waals surface area contributed by atoms with Crippen molar-refractivity contribution in [3.8, 4) is 0 Å². The van der Waals surface area contributed by atoms with Crippen LogP contribution >= 0.6 is 0 Å². The molecular formula is C14H24N2O9. The average molecular weight is 364 g/mol. The first-order chi connectivity index (χ1) is 11.7. The molecule has 7 N–H and O–H groups in total. The van der Waals surface area contributed by atoms with Gasteiger partial charge >= 0.3 is 0 Å². The molecule has 11 nitrogen and oxygen atoms in total. The molecule has 0 unspecified atom stereocenters. The Labute approximate surface area is 143 Å². The van der Waals surface area contributed by atoms with Crippen molar-refractivity contribution < 1.29 is 44.5 Å². The van der Waals surface area contributed by atoms with Crippen molar-refractivity contribution >= 4 is 5.91 Å². The van der Waals surface area contributed by atoms with Gasteiger partial charge in [-0.1, -0.05) is 0 Å². The Hall–Kier alpha value is -0.890. The van der Waals surface area contributed by atoms with Gasteiger partial charge < -0.3 is 45.1 Å². The zero-order chi connectivity index (χ0) is 18.5. The van der Waals surface area contributed by atoms with Crippen molar-refractivity contribution in [2.75, 3.05) is 6.61 Å². The van der Waals surface area contributed by atoms with Crippen LogP contribution in [0.1, 0.15) is 13.8 Å². The van der Waals surface area contributed by atoms with Crippen LogP contribution in [0.3, 0.4) is 0 Å². The van der Waals surface area contributed by atoms with E-state index < -0.39 is 60.9 Å². The second-order valence-electron chi connectivity index (χ2n) is 6.70. The predicted octanol–water partition coefficient (Wildman–Crippen LogP) is -4.29. The van der Waals surface area contributed by atoms with E-state index in [0.29, 0.717) is 0 Å². The largest absolute Gasteiger partial charge is 0.388 e. The van der Waals surface area contributed by atoms with E-state index >= 15 is 0 Å². The lowest BCUT2D eigenvalue weighted by atomic mass is 9.97. The summed E-state index contributed by atoms with van der Waals surface area (Å²) >= 11 is 0. The normalized spacial score (nSPS) is 52.4. The lowest BCUT2D eigenvalue weighted by Crippen LogP contribution is -2.62. The minimum atomic E-state index is -1.48. The fourth-order valence-corrected chi connectivity index (χ4v) is 3.23. The van der Waals surface area contributed by atoms with Gasteiger partial charge in [-0.25, -0.2) is 0 Å². The van der Waals surface area contributed by atoms with Crippen LogP contribution in [0, 0.1) is 0 Å². The van der Waals surface area contributed by atoms with Crippen LogP contribution in [0.25, 0.3) is 0 Å². The molecular weight excluding hydrogens is 340 g/mol. The molecule has 10 atom stereocenters. The molecule has 1 amide bonds. The Bertz CT molecular complexity index is 523. The van der Waals surface area contributed by atoms with Crippen molar-refractivity contribution in [3.05, 3.63) is 0 Å². The van der Waals surface area contributed by atoms with Gasteiger partial charge in [-0.2, -0.15) is 0 Å². The molecule has 0 radical (unpaired) electrons. The van der Waals surface area contributed by atoms with Crippen LogP contribution in [0.4, 0.5) is 0 Å². The molecule has 3 rings (SSSR count). The molecule has 0 aliphatic carbocycles. The summed E-state index contributed by atoms with van der Waals surface area (Å²) in [4.78, 5) is 11.2. The van der Waals surface area contributed by atoms with Crippen LogP contribution < -0.4 is 10.6 Å². The number of hydrogen-bond donors (Lipinski definition) is 7. The van der Waals surface area contributed by atoms with Crippen molar-refractivity contribution in [1.82, 2.24) is 10.6 Å². The van der Waals surface area contributed by atoms with Crippen molar-refractivity contribution in [3.63, 3.8) is 0 Å². The Morgan fingerprint density at radius 2 is 1.80 bits per heavy atom. The van der Waals surface area contributed by atoms with Gasteiger partial charge in [-0.3, -0.25) is 10.1 Å². The molecule has 11 heteroatoms. The second kappa shape index (κ2) is 6.68. The zero-order valence-corrected chi connectivity index (χ0v) is 13.8. The van der Waals surface area contributed by atoms with Gasteiger partial charge in [0.05, 0.1) is 12.7 Å². The maximum atomic E-state index is 11.2. The summed E-state index contributed by atoms with van der Waals surface area (Å²) in [7, 11) is 0. The standard InChI is InChI=1S/C14H24N2O9/c1-4-7(18)9(20)10(21)12(24-4)23-3-6-8(19)11(22)14(15-5(2)17)13(16-14)25-6/h4,6-13,16,18-22H,3H2,1-2H3,(H,15,17)/t4-,6+,7+,8+,9+,10-,11-,12-,13-,14-/m0/s1. The minimum Gasteiger partial charge on any atom is -0.388 e. The highest BCUT2D eigenvalue weighted by atomic mass is 16.7. The molecule has 0 aromatic heterocycles. The number of amides is 1. The van der Waals surface area contributed by atoms with Crippen LogP contribution in [0.5, 0.6) is 0 Å². The number of ether oxygens (including phenoxy) is 3. The summed E-state index contributed by atoms with van der Waals surface area (Å²) in [6.07, 6.45) is -10.5. The number of nitrogens with one attached hydrogen (secondary N) is 2. The maximum Gasteiger partial charge on any atom is 0.218 e. The molecule has 25 heavy (non-hydrogen) atoms. The van der Waals surface area contributed by atoms with Crippen LogP contribution in [0.15, 0.2) is 0 Å². The Morgan fingerprint density at radius 3 is 2.44 bits per heavy atom. The molecule has 0 aromatic carbocycles. The molecule has 0 aromatic rings. The van der Waals surface area contributed by atoms with Gasteiger partial charge in [-0.05, 0) is 6.92 Å². The van der Waals surface area contributed by atoms with Gasteiger partial charge in [-0.15, -0.1) is 0 Å². The molecule has 3 aliphatic rings. The van der Waals surface area contributed by atoms with Gasteiger partial charge in [0.1, 0.15) is 42.9 Å². The van der Waals surface area contributed by atoms with E-state index in [1.165, 1.54) is 13.8 Å². The number of aliphatic hydroxyl groups excluding tert-OH is 5. The summed E-state index contributed by atoms with van der Waals surface area (Å²) in [6, 6.07) is 0. The van der Waals surface area contributed by atoms with E-state index in [1.807, 2.05) is 0 Å². The fourth-order valence-electron chi connectivity index (χ4n) is 3.23. The number of rotatable bonds is 4. The molecule has 0 spiro atoms. The van der Waals surface area contributed by atoms with E-state index in [4.69, 9.17) is 14.2 Å². The van der Waals surface area contributed by atoms with E-state index in [9.17, 15) is 30.3 Å². The third kappa shape index (κ3) is 3.27. The number of carbonyl (C=O) groups is 1. The SMILES string of the molecule is CC(=O)N[C@@]12N[C@H]1O[C@H](CO[C@H]1O[C@@H](C)[C@@H](O)[C@@H](O)[C@@H]1O)[C@@H](O)[C@@H]2O. The van der Waals surface area contributed by atoms with E-state index in [2.05, 4.69) is 10.6 Å². The topological polar surface area (TPSA) is 180 Å². The van der Waals surface area contributed by atoms with E-state index in [-0.39, 0.29) is 12.5 Å². The first-order valence-corrected chi connectivity index (χ1v) is 8.06. The summed E-state index contributed by atoms with van der Waals surface area (Å²) in [5, 5.41) is 55.0. The lowest BCUT2D eigenvalue weighted by molar-refractivity contribution is -0.302. The third-order valence-electron chi connectivity index (χ3n) is 4.80. The maximum absolute atomic E-state index is 11.2. The minimum absolute atomic E-state index is 0.246. The molecule has 3 heterocycles. The number of hydrogen-bond acceptors (Lipinski definition) is 10. The van der Waals surface area contributed by atoms with Gasteiger partial charge in [0.25, 0.3) is 0 Å². The number of fused-ring (bicyclic) bond motifs is 1. The van der Waals surface area contributed by atoms with Gasteiger partial charge in [0.2, 0.25) is 5.91 Å². The monoisotopic (exact) mass is 364 g/mol. The molecule has 0 bridgehead atoms. The third-order valence-corrected chi connectivity index (χ3v) is 4.80. The Morgan fingerprint density at radius 1 is 1.12 bits per heavy atom. The van der Waals surface area contributed by atoms with Crippen LogP contribution in [-0.4, -0.2) is 99.0 Å². The van der Waals surface area contributed by atoms with Crippen molar-refractivity contribution in [1.29, 1.82) is 0 Å². The summed E-state index contributed by atoms with van der Waals surface area (Å²) < 4.78 is 16.2. The summed E-state index contributed by atoms with van der Waals surface area (Å²) in [6.45, 7) is 2.55. The van der Waals surface area contributed by atoms with E-state index in [0.717, 1.165) is 0 Å². The zero-order valence-electron chi connectivity index (χ0n) is 13.8. The first kappa shape index (κ1) is 18.9. The Balaban J connectivity index is 1.57. The highest BCUT2D eigenvalue weighted by Gasteiger charge is 2.67. The smallest absolute Gasteiger partial charge is 0.218 e. The Kier molecular flexibility index (Phi) is 5.05. The summed E-state index contributed by atoms with van der Waals surface area (Å²) in [5.74, 6) is -0.389. The van der Waals surface area contributed by atoms with E-state index in [1.54, 1.807) is 0 Å². The van der Waals surface area contributed by atoms with Crippen LogP contribution in [-0.2, 0) is 19.0 Å². The molecule has 144 valence electrons. The van der Waals surface area contributed by atoms with Gasteiger partial charge in [0.15, 0.2) is 12.0 Å². The fraction of sp³-hybridized carbons (Fsp3) is 0.929. The molecule has 3 aliphatic heterocycles. The molecule has 0 saturated carbocycles. The highest BCUT2D eigenvalue weighted by Crippen LogP contribution is 2.37. The molecule has 3 fully saturated rings. The van der Waals surface area contributed by atoms with Gasteiger partial charge in [0, 0.05) is 6.92 Å². The lowest BCUT2D eigenvalue weighted by Gasteiger charge is -2.40. The molecule has 3 saturated heterocycles. The first-order valence-electron chi connectivity index (χ1n) is 8.06. The van der Waals surface area contributed by atoms with Crippen molar-refractivity contribution in [2.24, 2.45) is 0 Å². The quantitative estimate of drug-likeness (QED) is 0.241. The average Bonchev–Trinajstić information content (AvgIpc) is 3.25. The number of carbonyl (C=O) groups excluding carboxylic acids is 1. The van der Waals surface area contributed by atoms with Crippen LogP contribution in [0.2, 0.25) is 0 Å². The summed E-state index contributed by atoms with van der Waals surface area (Å²) in [5.41, 5.74) is -1.22. The highest BCUT2D eigenvalue weighted by molar-refractivity contribution is 5.74. The number of aliphatic hydroxyl groups is 5. The van der Waals surface area contributed by atoms with Crippen molar-refractivity contribution in [2.45, 2.75) is 74.8 Å². The predicted molar refractivity (Wildman–Crippen MR) is 78.7 cm³/mol.